The molecule has 0 spiro atoms. The number of fused-ring (bicyclic) bond motifs is 1. The van der Waals surface area contributed by atoms with Crippen LogP contribution in [0.5, 0.6) is 0 Å². The summed E-state index contributed by atoms with van der Waals surface area (Å²) in [6.07, 6.45) is 14.3. The zero-order valence-corrected chi connectivity index (χ0v) is 15.7. The topological polar surface area (TPSA) is 62.2 Å². The van der Waals surface area contributed by atoms with Gasteiger partial charge in [-0.1, -0.05) is 36.9 Å². The number of carbonyl (C=O) groups is 1. The van der Waals surface area contributed by atoms with Gasteiger partial charge >= 0.3 is 5.97 Å². The number of allylic oxidation sites excluding steroid dienone is 5. The molecular formula is C22H30N2O2. The second-order valence-electron chi connectivity index (χ2n) is 6.71. The van der Waals surface area contributed by atoms with Crippen molar-refractivity contribution in [1.82, 2.24) is 4.98 Å². The lowest BCUT2D eigenvalue weighted by molar-refractivity contribution is -0.137. The van der Waals surface area contributed by atoms with E-state index in [1.807, 2.05) is 19.1 Å². The Morgan fingerprint density at radius 3 is 3.00 bits per heavy atom. The number of nitrogens with one attached hydrogen (secondary N) is 1. The molecule has 4 heteroatoms. The molecule has 0 bridgehead atoms. The smallest absolute Gasteiger partial charge is 0.304 e. The summed E-state index contributed by atoms with van der Waals surface area (Å²) in [5.74, 6) is 0.185. The van der Waals surface area contributed by atoms with Crippen LogP contribution in [-0.2, 0) is 17.6 Å². The highest BCUT2D eigenvalue weighted by Crippen LogP contribution is 2.21. The minimum absolute atomic E-state index is 0.0941. The van der Waals surface area contributed by atoms with Crippen molar-refractivity contribution in [2.45, 2.75) is 51.9 Å². The highest BCUT2D eigenvalue weighted by Gasteiger charge is 2.12. The van der Waals surface area contributed by atoms with Crippen LogP contribution in [-0.4, -0.2) is 22.6 Å². The molecule has 2 rings (SSSR count). The first-order valence-corrected chi connectivity index (χ1v) is 9.53. The van der Waals surface area contributed by atoms with Crippen molar-refractivity contribution in [3.8, 4) is 0 Å². The molecule has 0 amide bonds. The largest absolute Gasteiger partial charge is 0.481 e. The Labute approximate surface area is 156 Å². The summed E-state index contributed by atoms with van der Waals surface area (Å²) < 4.78 is 0. The Morgan fingerprint density at radius 1 is 1.42 bits per heavy atom. The fourth-order valence-corrected chi connectivity index (χ4v) is 3.31. The molecule has 2 heterocycles. The second kappa shape index (κ2) is 10.6. The van der Waals surface area contributed by atoms with E-state index in [1.54, 1.807) is 6.08 Å². The number of aliphatic carboxylic acids is 1. The molecule has 26 heavy (non-hydrogen) atoms. The van der Waals surface area contributed by atoms with E-state index in [2.05, 4.69) is 30.1 Å². The number of rotatable bonds is 10. The predicted molar refractivity (Wildman–Crippen MR) is 107 cm³/mol. The van der Waals surface area contributed by atoms with Crippen molar-refractivity contribution < 1.29 is 9.90 Å². The van der Waals surface area contributed by atoms with E-state index in [4.69, 9.17) is 10.1 Å². The van der Waals surface area contributed by atoms with Crippen molar-refractivity contribution >= 4 is 11.8 Å². The summed E-state index contributed by atoms with van der Waals surface area (Å²) in [6, 6.07) is 4.35. The number of carboxylic acids is 1. The van der Waals surface area contributed by atoms with Gasteiger partial charge in [0.05, 0.1) is 6.42 Å². The SMILES string of the molecule is C=C/C(=C\C)C(/C=C/CCCCc1ccc2c(n1)NCCC2)CC(=O)O. The predicted octanol–water partition coefficient (Wildman–Crippen LogP) is 4.93. The lowest BCUT2D eigenvalue weighted by Crippen LogP contribution is -2.13. The minimum atomic E-state index is -0.784. The maximum absolute atomic E-state index is 11.0. The molecule has 0 aliphatic carbocycles. The summed E-state index contributed by atoms with van der Waals surface area (Å²) in [5.41, 5.74) is 3.44. The Morgan fingerprint density at radius 2 is 2.27 bits per heavy atom. The van der Waals surface area contributed by atoms with Crippen molar-refractivity contribution in [3.63, 3.8) is 0 Å². The molecular weight excluding hydrogens is 324 g/mol. The third-order valence-corrected chi connectivity index (χ3v) is 4.77. The standard InChI is InChI=1S/C22H30N2O2/c1-3-17(4-2)19(16-21(25)26)10-7-5-6-8-12-20-14-13-18-11-9-15-23-22(18)24-20/h3-4,7,10,13-14,19H,1,5-6,8-9,11-12,15-16H2,2H3,(H,23,24)(H,25,26)/b10-7+,17-4+. The van der Waals surface area contributed by atoms with Crippen molar-refractivity contribution in [3.05, 3.63) is 59.8 Å². The van der Waals surface area contributed by atoms with Crippen LogP contribution in [0.25, 0.3) is 0 Å². The third-order valence-electron chi connectivity index (χ3n) is 4.77. The molecule has 0 radical (unpaired) electrons. The van der Waals surface area contributed by atoms with Gasteiger partial charge in [-0.05, 0) is 62.7 Å². The van der Waals surface area contributed by atoms with Gasteiger partial charge in [-0.3, -0.25) is 4.79 Å². The fourth-order valence-electron chi connectivity index (χ4n) is 3.31. The van der Waals surface area contributed by atoms with Crippen LogP contribution in [0, 0.1) is 5.92 Å². The van der Waals surface area contributed by atoms with E-state index in [1.165, 1.54) is 12.0 Å². The molecule has 2 N–H and O–H groups in total. The average molecular weight is 354 g/mol. The molecule has 1 aliphatic heterocycles. The van der Waals surface area contributed by atoms with Gasteiger partial charge in [-0.2, -0.15) is 0 Å². The summed E-state index contributed by atoms with van der Waals surface area (Å²) in [7, 11) is 0. The monoisotopic (exact) mass is 354 g/mol. The molecule has 1 atom stereocenters. The van der Waals surface area contributed by atoms with Crippen LogP contribution in [0.2, 0.25) is 0 Å². The molecule has 140 valence electrons. The maximum Gasteiger partial charge on any atom is 0.304 e. The van der Waals surface area contributed by atoms with Gasteiger partial charge in [0.1, 0.15) is 5.82 Å². The summed E-state index contributed by atoms with van der Waals surface area (Å²) in [5, 5.41) is 12.4. The number of aromatic nitrogens is 1. The van der Waals surface area contributed by atoms with Gasteiger partial charge < -0.3 is 10.4 Å². The number of nitrogens with zero attached hydrogens (tertiary/aromatic N) is 1. The van der Waals surface area contributed by atoms with E-state index in [-0.39, 0.29) is 12.3 Å². The highest BCUT2D eigenvalue weighted by atomic mass is 16.4. The van der Waals surface area contributed by atoms with Gasteiger partial charge in [0.2, 0.25) is 0 Å². The van der Waals surface area contributed by atoms with Gasteiger partial charge in [-0.25, -0.2) is 4.98 Å². The second-order valence-corrected chi connectivity index (χ2v) is 6.71. The van der Waals surface area contributed by atoms with Gasteiger partial charge in [0, 0.05) is 18.2 Å². The number of hydrogen-bond acceptors (Lipinski definition) is 3. The normalized spacial score (nSPS) is 15.3. The number of anilines is 1. The van der Waals surface area contributed by atoms with Gasteiger partial charge in [0.15, 0.2) is 0 Å². The summed E-state index contributed by atoms with van der Waals surface area (Å²) in [4.78, 5) is 15.8. The zero-order chi connectivity index (χ0) is 18.8. The highest BCUT2D eigenvalue weighted by molar-refractivity contribution is 5.68. The number of pyridine rings is 1. The zero-order valence-electron chi connectivity index (χ0n) is 15.7. The molecule has 1 aromatic heterocycles. The van der Waals surface area contributed by atoms with E-state index in [0.717, 1.165) is 55.7 Å². The maximum atomic E-state index is 11.0. The van der Waals surface area contributed by atoms with Crippen LogP contribution < -0.4 is 5.32 Å². The number of carboxylic acid groups (broad SMARTS) is 1. The molecule has 0 fully saturated rings. The lowest BCUT2D eigenvalue weighted by atomic mass is 9.94. The quantitative estimate of drug-likeness (QED) is 0.355. The van der Waals surface area contributed by atoms with Crippen LogP contribution in [0.1, 0.15) is 50.3 Å². The average Bonchev–Trinajstić information content (AvgIpc) is 2.64. The first kappa shape index (κ1) is 20.0. The first-order valence-electron chi connectivity index (χ1n) is 9.53. The van der Waals surface area contributed by atoms with Crippen molar-refractivity contribution in [1.29, 1.82) is 0 Å². The molecule has 1 aliphatic rings. The fraction of sp³-hybridized carbons (Fsp3) is 0.455. The van der Waals surface area contributed by atoms with E-state index in [0.29, 0.717) is 0 Å². The van der Waals surface area contributed by atoms with E-state index >= 15 is 0 Å². The van der Waals surface area contributed by atoms with Crippen LogP contribution in [0.4, 0.5) is 5.82 Å². The summed E-state index contributed by atoms with van der Waals surface area (Å²) in [6.45, 7) is 6.71. The van der Waals surface area contributed by atoms with Gasteiger partial charge in [-0.15, -0.1) is 0 Å². The molecule has 0 aromatic carbocycles. The molecule has 1 unspecified atom stereocenters. The Hall–Kier alpha value is -2.36. The Balaban J connectivity index is 1.77. The van der Waals surface area contributed by atoms with E-state index in [9.17, 15) is 4.79 Å². The molecule has 0 saturated heterocycles. The van der Waals surface area contributed by atoms with Crippen molar-refractivity contribution in [2.24, 2.45) is 5.92 Å². The van der Waals surface area contributed by atoms with Crippen LogP contribution in [0.3, 0.4) is 0 Å². The minimum Gasteiger partial charge on any atom is -0.481 e. The molecule has 4 nitrogen and oxygen atoms in total. The number of hydrogen-bond donors (Lipinski definition) is 2. The Kier molecular flexibility index (Phi) is 8.13. The van der Waals surface area contributed by atoms with Crippen molar-refractivity contribution in [2.75, 3.05) is 11.9 Å². The Bertz CT molecular complexity index is 677. The summed E-state index contributed by atoms with van der Waals surface area (Å²) >= 11 is 0. The van der Waals surface area contributed by atoms with Gasteiger partial charge in [0.25, 0.3) is 0 Å². The third kappa shape index (κ3) is 6.17. The lowest BCUT2D eigenvalue weighted by Gasteiger charge is -2.17. The number of aryl methyl sites for hydroxylation is 2. The molecule has 1 aromatic rings. The molecule has 0 saturated carbocycles. The van der Waals surface area contributed by atoms with Crippen LogP contribution >= 0.6 is 0 Å². The van der Waals surface area contributed by atoms with E-state index < -0.39 is 5.97 Å². The first-order chi connectivity index (χ1) is 12.6. The van der Waals surface area contributed by atoms with Crippen LogP contribution in [0.15, 0.2) is 48.6 Å². The number of unbranched alkanes of at least 4 members (excludes halogenated alkanes) is 2.